The fraction of sp³-hybridized carbons (Fsp3) is 0.333. The second kappa shape index (κ2) is 7.63. The van der Waals surface area contributed by atoms with E-state index in [0.29, 0.717) is 13.1 Å². The molecule has 26 heavy (non-hydrogen) atoms. The van der Waals surface area contributed by atoms with Gasteiger partial charge < -0.3 is 20.8 Å². The monoisotopic (exact) mass is 371 g/mol. The van der Waals surface area contributed by atoms with Crippen LogP contribution in [0.1, 0.15) is 0 Å². The SMILES string of the molecule is OCCNCCn1nc2c3c(c(NCCO)ccc31)Sc1cnccc1-2. The number of rotatable bonds is 8. The van der Waals surface area contributed by atoms with Crippen LogP contribution in [-0.2, 0) is 6.54 Å². The molecule has 3 aromatic rings. The lowest BCUT2D eigenvalue weighted by Gasteiger charge is -2.18. The molecule has 0 unspecified atom stereocenters. The Bertz CT molecular complexity index is 927. The Kier molecular flexibility index (Phi) is 5.07. The van der Waals surface area contributed by atoms with Crippen molar-refractivity contribution in [2.24, 2.45) is 0 Å². The van der Waals surface area contributed by atoms with Crippen molar-refractivity contribution in [3.8, 4) is 11.3 Å². The topological polar surface area (TPSA) is 95.2 Å². The van der Waals surface area contributed by atoms with Gasteiger partial charge in [-0.1, -0.05) is 11.8 Å². The first-order valence-corrected chi connectivity index (χ1v) is 9.47. The van der Waals surface area contributed by atoms with Crippen molar-refractivity contribution in [2.75, 3.05) is 38.2 Å². The summed E-state index contributed by atoms with van der Waals surface area (Å²) in [5.41, 5.74) is 4.17. The summed E-state index contributed by atoms with van der Waals surface area (Å²) >= 11 is 1.69. The van der Waals surface area contributed by atoms with Gasteiger partial charge in [-0.2, -0.15) is 5.10 Å². The highest BCUT2D eigenvalue weighted by atomic mass is 32.2. The molecule has 0 saturated carbocycles. The minimum absolute atomic E-state index is 0.0862. The van der Waals surface area contributed by atoms with Gasteiger partial charge in [0.25, 0.3) is 0 Å². The summed E-state index contributed by atoms with van der Waals surface area (Å²) in [6, 6.07) is 6.13. The zero-order chi connectivity index (χ0) is 17.9. The van der Waals surface area contributed by atoms with E-state index < -0.39 is 0 Å². The van der Waals surface area contributed by atoms with Gasteiger partial charge in [0, 0.05) is 58.5 Å². The normalized spacial score (nSPS) is 12.4. The third kappa shape index (κ3) is 3.05. The number of hydrogen-bond acceptors (Lipinski definition) is 7. The predicted octanol–water partition coefficient (Wildman–Crippen LogP) is 1.55. The molecular weight excluding hydrogens is 350 g/mol. The van der Waals surface area contributed by atoms with Crippen molar-refractivity contribution in [1.82, 2.24) is 20.1 Å². The molecule has 1 aliphatic heterocycles. The zero-order valence-electron chi connectivity index (χ0n) is 14.3. The molecular formula is C18H21N5O2S. The van der Waals surface area contributed by atoms with Crippen molar-refractivity contribution in [1.29, 1.82) is 0 Å². The van der Waals surface area contributed by atoms with Gasteiger partial charge in [-0.3, -0.25) is 9.67 Å². The summed E-state index contributed by atoms with van der Waals surface area (Å²) in [5, 5.41) is 30.6. The van der Waals surface area contributed by atoms with Gasteiger partial charge in [0.05, 0.1) is 25.3 Å². The lowest BCUT2D eigenvalue weighted by Crippen LogP contribution is -2.23. The van der Waals surface area contributed by atoms with E-state index in [-0.39, 0.29) is 13.2 Å². The maximum Gasteiger partial charge on any atom is 0.103 e. The molecule has 0 saturated heterocycles. The predicted molar refractivity (Wildman–Crippen MR) is 103 cm³/mol. The minimum Gasteiger partial charge on any atom is -0.395 e. The van der Waals surface area contributed by atoms with E-state index in [0.717, 1.165) is 50.7 Å². The zero-order valence-corrected chi connectivity index (χ0v) is 15.1. The smallest absolute Gasteiger partial charge is 0.103 e. The first kappa shape index (κ1) is 17.3. The average Bonchev–Trinajstić information content (AvgIpc) is 3.05. The van der Waals surface area contributed by atoms with Gasteiger partial charge in [-0.15, -0.1) is 0 Å². The lowest BCUT2D eigenvalue weighted by molar-refractivity contribution is 0.291. The molecule has 7 nitrogen and oxygen atoms in total. The Balaban J connectivity index is 1.80. The number of anilines is 1. The van der Waals surface area contributed by atoms with Gasteiger partial charge in [0.15, 0.2) is 0 Å². The Morgan fingerprint density at radius 2 is 1.96 bits per heavy atom. The summed E-state index contributed by atoms with van der Waals surface area (Å²) < 4.78 is 2.02. The molecule has 3 heterocycles. The molecule has 0 bridgehead atoms. The lowest BCUT2D eigenvalue weighted by atomic mass is 10.1. The molecule has 0 aliphatic carbocycles. The van der Waals surface area contributed by atoms with Crippen LogP contribution in [0, 0.1) is 0 Å². The molecule has 0 radical (unpaired) electrons. The van der Waals surface area contributed by atoms with Crippen molar-refractivity contribution < 1.29 is 10.2 Å². The molecule has 4 rings (SSSR count). The molecule has 0 amide bonds. The summed E-state index contributed by atoms with van der Waals surface area (Å²) in [5.74, 6) is 0. The van der Waals surface area contributed by atoms with Gasteiger partial charge in [0.2, 0.25) is 0 Å². The van der Waals surface area contributed by atoms with E-state index in [9.17, 15) is 0 Å². The molecule has 1 aromatic carbocycles. The van der Waals surface area contributed by atoms with Crippen LogP contribution in [-0.4, -0.2) is 57.8 Å². The molecule has 0 spiro atoms. The van der Waals surface area contributed by atoms with Gasteiger partial charge in [0.1, 0.15) is 5.69 Å². The van der Waals surface area contributed by atoms with Crippen LogP contribution in [0.3, 0.4) is 0 Å². The largest absolute Gasteiger partial charge is 0.395 e. The van der Waals surface area contributed by atoms with E-state index in [1.165, 1.54) is 0 Å². The number of nitrogens with one attached hydrogen (secondary N) is 2. The quantitative estimate of drug-likeness (QED) is 0.349. The van der Waals surface area contributed by atoms with Gasteiger partial charge in [-0.05, 0) is 18.2 Å². The number of pyridine rings is 1. The van der Waals surface area contributed by atoms with Gasteiger partial charge in [-0.25, -0.2) is 0 Å². The van der Waals surface area contributed by atoms with Crippen LogP contribution in [0.25, 0.3) is 22.2 Å². The first-order valence-electron chi connectivity index (χ1n) is 8.65. The Hall–Kier alpha value is -2.13. The average molecular weight is 371 g/mol. The fourth-order valence-electron chi connectivity index (χ4n) is 3.19. The third-order valence-corrected chi connectivity index (χ3v) is 5.51. The number of fused-ring (bicyclic) bond motifs is 2. The van der Waals surface area contributed by atoms with Crippen LogP contribution in [0.5, 0.6) is 0 Å². The summed E-state index contributed by atoms with van der Waals surface area (Å²) in [4.78, 5) is 6.47. The molecule has 1 aliphatic rings. The molecule has 136 valence electrons. The number of hydrogen-bond donors (Lipinski definition) is 4. The van der Waals surface area contributed by atoms with Crippen LogP contribution in [0.2, 0.25) is 0 Å². The van der Waals surface area contributed by atoms with Crippen LogP contribution < -0.4 is 10.6 Å². The second-order valence-electron chi connectivity index (χ2n) is 6.01. The van der Waals surface area contributed by atoms with E-state index in [1.807, 2.05) is 23.0 Å². The van der Waals surface area contributed by atoms with Gasteiger partial charge >= 0.3 is 0 Å². The third-order valence-electron chi connectivity index (χ3n) is 4.34. The Labute approximate surface area is 155 Å². The summed E-state index contributed by atoms with van der Waals surface area (Å²) in [7, 11) is 0. The van der Waals surface area contributed by atoms with Crippen molar-refractivity contribution in [3.05, 3.63) is 30.6 Å². The van der Waals surface area contributed by atoms with E-state index >= 15 is 0 Å². The number of aromatic nitrogens is 3. The number of nitrogens with zero attached hydrogens (tertiary/aromatic N) is 3. The molecule has 0 atom stereocenters. The van der Waals surface area contributed by atoms with E-state index in [4.69, 9.17) is 15.3 Å². The highest BCUT2D eigenvalue weighted by Crippen LogP contribution is 2.49. The standard InChI is InChI=1S/C18H21N5O2S/c24-9-6-19-5-8-23-14-2-1-13(21-7-10-25)18-16(14)17(22-23)12-3-4-20-11-15(12)26-18/h1-4,11,19,21,24-25H,5-10H2. The highest BCUT2D eigenvalue weighted by molar-refractivity contribution is 8.00. The number of benzene rings is 1. The van der Waals surface area contributed by atoms with Crippen molar-refractivity contribution in [3.63, 3.8) is 0 Å². The summed E-state index contributed by atoms with van der Waals surface area (Å²) in [6.45, 7) is 2.77. The number of aliphatic hydroxyl groups excluding tert-OH is 2. The molecule has 0 fully saturated rings. The highest BCUT2D eigenvalue weighted by Gasteiger charge is 2.26. The second-order valence-corrected chi connectivity index (χ2v) is 7.06. The van der Waals surface area contributed by atoms with Crippen LogP contribution >= 0.6 is 11.8 Å². The minimum atomic E-state index is 0.0862. The van der Waals surface area contributed by atoms with Crippen molar-refractivity contribution >= 4 is 28.4 Å². The molecule has 8 heteroatoms. The molecule has 4 N–H and O–H groups in total. The maximum absolute atomic E-state index is 9.16. The maximum atomic E-state index is 9.16. The number of aliphatic hydroxyl groups is 2. The first-order chi connectivity index (χ1) is 12.8. The van der Waals surface area contributed by atoms with E-state index in [1.54, 1.807) is 18.0 Å². The van der Waals surface area contributed by atoms with E-state index in [2.05, 4.69) is 21.7 Å². The van der Waals surface area contributed by atoms with Crippen molar-refractivity contribution in [2.45, 2.75) is 16.3 Å². The fourth-order valence-corrected chi connectivity index (χ4v) is 4.35. The molecule has 2 aromatic heterocycles. The Morgan fingerprint density at radius 3 is 2.81 bits per heavy atom. The summed E-state index contributed by atoms with van der Waals surface area (Å²) in [6.07, 6.45) is 3.67. The van der Waals surface area contributed by atoms with Crippen LogP contribution in [0.4, 0.5) is 5.69 Å². The Morgan fingerprint density at radius 1 is 1.08 bits per heavy atom. The van der Waals surface area contributed by atoms with Crippen LogP contribution in [0.15, 0.2) is 40.4 Å².